The molecular weight excluding hydrogens is 269 g/mol. The lowest BCUT2D eigenvalue weighted by molar-refractivity contribution is 0.131. The largest absolute Gasteiger partial charge is 0.370 e. The Morgan fingerprint density at radius 3 is 2.52 bits per heavy atom. The maximum Gasteiger partial charge on any atom is 0.192 e. The second-order valence-electron chi connectivity index (χ2n) is 5.25. The second-order valence-corrected chi connectivity index (χ2v) is 5.25. The van der Waals surface area contributed by atoms with Crippen LogP contribution in [0.3, 0.4) is 0 Å². The van der Waals surface area contributed by atoms with Crippen molar-refractivity contribution in [3.8, 4) is 0 Å². The van der Waals surface area contributed by atoms with Gasteiger partial charge in [0.15, 0.2) is 5.96 Å². The first kappa shape index (κ1) is 15.7. The second kappa shape index (κ2) is 7.38. The number of anilines is 1. The summed E-state index contributed by atoms with van der Waals surface area (Å²) in [7, 11) is 1.59. The van der Waals surface area contributed by atoms with Crippen molar-refractivity contribution in [2.45, 2.75) is 13.5 Å². The predicted octanol–water partition coefficient (Wildman–Crippen LogP) is 1.32. The maximum absolute atomic E-state index is 14.1. The minimum Gasteiger partial charge on any atom is -0.370 e. The van der Waals surface area contributed by atoms with E-state index in [1.807, 2.05) is 12.1 Å². The molecule has 6 heteroatoms. The molecule has 1 aliphatic rings. The molecule has 0 saturated carbocycles. The number of hydrogen-bond donors (Lipinski definition) is 2. The summed E-state index contributed by atoms with van der Waals surface area (Å²) in [4.78, 5) is 8.49. The van der Waals surface area contributed by atoms with Crippen molar-refractivity contribution in [3.63, 3.8) is 0 Å². The normalized spacial score (nSPS) is 18.0. The van der Waals surface area contributed by atoms with Crippen LogP contribution in [0.2, 0.25) is 0 Å². The number of benzene rings is 1. The summed E-state index contributed by atoms with van der Waals surface area (Å²) < 4.78 is 14.1. The van der Waals surface area contributed by atoms with Gasteiger partial charge >= 0.3 is 0 Å². The molecule has 2 rings (SSSR count). The first-order chi connectivity index (χ1) is 10.1. The molecule has 0 amide bonds. The molecule has 116 valence electrons. The molecule has 0 aromatic heterocycles. The molecule has 1 aromatic carbocycles. The van der Waals surface area contributed by atoms with E-state index < -0.39 is 0 Å². The minimum atomic E-state index is -0.207. The summed E-state index contributed by atoms with van der Waals surface area (Å²) in [6, 6.07) is 5.11. The molecule has 1 heterocycles. The third-order valence-corrected chi connectivity index (χ3v) is 3.87. The van der Waals surface area contributed by atoms with Crippen LogP contribution in [-0.2, 0) is 6.54 Å². The summed E-state index contributed by atoms with van der Waals surface area (Å²) in [5.74, 6) is 0.0691. The van der Waals surface area contributed by atoms with Gasteiger partial charge in [0.05, 0.1) is 0 Å². The molecule has 0 bridgehead atoms. The van der Waals surface area contributed by atoms with Gasteiger partial charge in [0, 0.05) is 51.0 Å². The first-order valence-corrected chi connectivity index (χ1v) is 7.34. The predicted molar refractivity (Wildman–Crippen MR) is 85.0 cm³/mol. The highest BCUT2D eigenvalue weighted by Crippen LogP contribution is 2.17. The van der Waals surface area contributed by atoms with Crippen molar-refractivity contribution in [1.82, 2.24) is 9.80 Å². The Balaban J connectivity index is 1.95. The van der Waals surface area contributed by atoms with Gasteiger partial charge in [-0.3, -0.25) is 9.89 Å². The minimum absolute atomic E-state index is 0.207. The molecule has 21 heavy (non-hydrogen) atoms. The SMILES string of the molecule is CCN1CCN(Cc2ccc(N/C(N)=N/C)cc2F)CC1. The molecule has 0 spiro atoms. The van der Waals surface area contributed by atoms with Crippen molar-refractivity contribution in [3.05, 3.63) is 29.6 Å². The topological polar surface area (TPSA) is 56.9 Å². The van der Waals surface area contributed by atoms with Crippen molar-refractivity contribution >= 4 is 11.6 Å². The zero-order valence-electron chi connectivity index (χ0n) is 12.8. The molecule has 0 aliphatic carbocycles. The van der Waals surface area contributed by atoms with E-state index in [0.29, 0.717) is 12.2 Å². The monoisotopic (exact) mass is 293 g/mol. The van der Waals surface area contributed by atoms with Gasteiger partial charge in [-0.15, -0.1) is 0 Å². The molecule has 1 fully saturated rings. The number of nitrogens with two attached hydrogens (primary N) is 1. The van der Waals surface area contributed by atoms with E-state index >= 15 is 0 Å². The van der Waals surface area contributed by atoms with Gasteiger partial charge in [-0.25, -0.2) is 4.39 Å². The zero-order chi connectivity index (χ0) is 15.2. The zero-order valence-corrected chi connectivity index (χ0v) is 12.8. The fourth-order valence-electron chi connectivity index (χ4n) is 2.46. The van der Waals surface area contributed by atoms with Crippen LogP contribution in [0.15, 0.2) is 23.2 Å². The van der Waals surface area contributed by atoms with E-state index in [4.69, 9.17) is 5.73 Å². The Labute approximate surface area is 125 Å². The summed E-state index contributed by atoms with van der Waals surface area (Å²) in [6.07, 6.45) is 0. The Kier molecular flexibility index (Phi) is 5.52. The molecule has 3 N–H and O–H groups in total. The van der Waals surface area contributed by atoms with Gasteiger partial charge in [-0.05, 0) is 18.7 Å². The lowest BCUT2D eigenvalue weighted by Crippen LogP contribution is -2.45. The fourth-order valence-corrected chi connectivity index (χ4v) is 2.46. The highest BCUT2D eigenvalue weighted by molar-refractivity contribution is 5.92. The quantitative estimate of drug-likeness (QED) is 0.649. The van der Waals surface area contributed by atoms with Gasteiger partial charge in [-0.2, -0.15) is 0 Å². The maximum atomic E-state index is 14.1. The smallest absolute Gasteiger partial charge is 0.192 e. The Morgan fingerprint density at radius 1 is 1.29 bits per heavy atom. The highest BCUT2D eigenvalue weighted by Gasteiger charge is 2.16. The fraction of sp³-hybridized carbons (Fsp3) is 0.533. The number of rotatable bonds is 4. The standard InChI is InChI=1S/C15H24FN5/c1-3-20-6-8-21(9-7-20)11-12-4-5-13(10-14(12)16)19-15(17)18-2/h4-5,10H,3,6-9,11H2,1-2H3,(H3,17,18,19). The molecule has 1 saturated heterocycles. The molecule has 0 unspecified atom stereocenters. The Morgan fingerprint density at radius 2 is 1.95 bits per heavy atom. The average molecular weight is 293 g/mol. The number of likely N-dealkylation sites (N-methyl/N-ethyl adjacent to an activating group) is 1. The lowest BCUT2D eigenvalue weighted by atomic mass is 10.1. The van der Waals surface area contributed by atoms with Crippen LogP contribution in [0.25, 0.3) is 0 Å². The van der Waals surface area contributed by atoms with Crippen molar-refractivity contribution in [2.75, 3.05) is 45.1 Å². The number of nitrogens with zero attached hydrogens (tertiary/aromatic N) is 3. The van der Waals surface area contributed by atoms with Gasteiger partial charge in [0.25, 0.3) is 0 Å². The first-order valence-electron chi connectivity index (χ1n) is 7.34. The highest BCUT2D eigenvalue weighted by atomic mass is 19.1. The number of piperazine rings is 1. The Hall–Kier alpha value is -1.66. The Bertz CT molecular complexity index is 495. The van der Waals surface area contributed by atoms with Gasteiger partial charge < -0.3 is 16.0 Å². The van der Waals surface area contributed by atoms with Gasteiger partial charge in [0.2, 0.25) is 0 Å². The van der Waals surface area contributed by atoms with Crippen LogP contribution >= 0.6 is 0 Å². The van der Waals surface area contributed by atoms with E-state index in [0.717, 1.165) is 38.3 Å². The third kappa shape index (κ3) is 4.41. The van der Waals surface area contributed by atoms with Gasteiger partial charge in [-0.1, -0.05) is 13.0 Å². The van der Waals surface area contributed by atoms with Crippen LogP contribution in [0.4, 0.5) is 10.1 Å². The lowest BCUT2D eigenvalue weighted by Gasteiger charge is -2.34. The summed E-state index contributed by atoms with van der Waals surface area (Å²) >= 11 is 0. The van der Waals surface area contributed by atoms with Crippen LogP contribution in [0.1, 0.15) is 12.5 Å². The van der Waals surface area contributed by atoms with Crippen LogP contribution in [0, 0.1) is 5.82 Å². The molecule has 1 aromatic rings. The van der Waals surface area contributed by atoms with Crippen LogP contribution < -0.4 is 11.1 Å². The van der Waals surface area contributed by atoms with E-state index in [2.05, 4.69) is 27.0 Å². The number of aliphatic imine (C=N–C) groups is 1. The van der Waals surface area contributed by atoms with E-state index in [9.17, 15) is 4.39 Å². The van der Waals surface area contributed by atoms with Crippen molar-refractivity contribution in [1.29, 1.82) is 0 Å². The molecular formula is C15H24FN5. The van der Waals surface area contributed by atoms with E-state index in [1.54, 1.807) is 7.05 Å². The van der Waals surface area contributed by atoms with Gasteiger partial charge in [0.1, 0.15) is 5.82 Å². The van der Waals surface area contributed by atoms with E-state index in [-0.39, 0.29) is 11.8 Å². The number of hydrogen-bond acceptors (Lipinski definition) is 3. The van der Waals surface area contributed by atoms with E-state index in [1.165, 1.54) is 6.07 Å². The van der Waals surface area contributed by atoms with Crippen molar-refractivity contribution in [2.24, 2.45) is 10.7 Å². The van der Waals surface area contributed by atoms with Crippen molar-refractivity contribution < 1.29 is 4.39 Å². The molecule has 1 aliphatic heterocycles. The third-order valence-electron chi connectivity index (χ3n) is 3.87. The molecule has 5 nitrogen and oxygen atoms in total. The van der Waals surface area contributed by atoms with Crippen LogP contribution in [0.5, 0.6) is 0 Å². The summed E-state index contributed by atoms with van der Waals surface area (Å²) in [5, 5.41) is 2.84. The number of halogens is 1. The summed E-state index contributed by atoms with van der Waals surface area (Å²) in [6.45, 7) is 8.00. The molecule has 0 radical (unpaired) electrons. The average Bonchev–Trinajstić information content (AvgIpc) is 2.50. The number of guanidine groups is 1. The van der Waals surface area contributed by atoms with Crippen LogP contribution in [-0.4, -0.2) is 55.5 Å². The summed E-state index contributed by atoms with van der Waals surface area (Å²) in [5.41, 5.74) is 6.91. The number of nitrogens with one attached hydrogen (secondary N) is 1. The molecule has 0 atom stereocenters.